The highest BCUT2D eigenvalue weighted by atomic mass is 14.4. The van der Waals surface area contributed by atoms with Crippen LogP contribution in [0.1, 0.15) is 74.9 Å². The van der Waals surface area contributed by atoms with E-state index in [-0.39, 0.29) is 16.2 Å². The van der Waals surface area contributed by atoms with Gasteiger partial charge in [-0.05, 0) is 179 Å². The molecule has 12 aromatic carbocycles. The second-order valence-electron chi connectivity index (χ2n) is 22.7. The highest BCUT2D eigenvalue weighted by Crippen LogP contribution is 2.56. The lowest BCUT2D eigenvalue weighted by molar-refractivity contribution is 0.659. The first kappa shape index (κ1) is 42.4. The molecule has 0 aromatic heterocycles. The van der Waals surface area contributed by atoms with Crippen LogP contribution in [0.4, 0.5) is 0 Å². The third-order valence-electron chi connectivity index (χ3n) is 17.9. The first-order valence-corrected chi connectivity index (χ1v) is 26.2. The smallest absolute Gasteiger partial charge is 0.0159 e. The standard InChI is InChI=1S/C73H54/c1-71(2)61-29-17-15-19-47(61)49-35-31-43(39-63(49)71)44-32-36-51-52-38-34-46(42-66(52)73(5,6)64(51)40-44)68-55-23-9-13-27-59(55)70(60-28-14-10-24-56(60)68)69-57-25-11-7-21-53(57)67(54-22-8-12-26-58(54)69)45-33-37-50-48-20-16-18-30-62(48)72(3,4)65(50)41-45/h7-42H,1-6H3. The minimum atomic E-state index is -0.202. The number of rotatable bonds is 4. The fourth-order valence-corrected chi connectivity index (χ4v) is 14.2. The third-order valence-corrected chi connectivity index (χ3v) is 17.9. The van der Waals surface area contributed by atoms with E-state index in [0.29, 0.717) is 0 Å². The molecule has 0 fully saturated rings. The van der Waals surface area contributed by atoms with Crippen molar-refractivity contribution < 1.29 is 0 Å². The van der Waals surface area contributed by atoms with E-state index < -0.39 is 0 Å². The zero-order chi connectivity index (χ0) is 49.1. The lowest BCUT2D eigenvalue weighted by Gasteiger charge is -2.25. The largest absolute Gasteiger partial charge is 0.0619 e. The van der Waals surface area contributed by atoms with E-state index in [9.17, 15) is 0 Å². The number of benzene rings is 12. The van der Waals surface area contributed by atoms with E-state index in [2.05, 4.69) is 260 Å². The monoisotopic (exact) mass is 930 g/mol. The number of hydrogen-bond donors (Lipinski definition) is 0. The van der Waals surface area contributed by atoms with Crippen LogP contribution in [0, 0.1) is 0 Å². The van der Waals surface area contributed by atoms with E-state index in [1.807, 2.05) is 0 Å². The molecule has 0 atom stereocenters. The SMILES string of the molecule is CC1(C)c2ccccc2-c2ccc(-c3ccc4c(c3)C(C)(C)c3cc(-c5c6ccccc6c(-c6c7ccccc7c(-c7ccc8c(c7)C(C)(C)c7ccccc7-8)c7ccccc67)c6ccccc56)ccc3-4)cc21. The summed E-state index contributed by atoms with van der Waals surface area (Å²) in [5.74, 6) is 0. The Bertz CT molecular complexity index is 4280. The number of hydrogen-bond acceptors (Lipinski definition) is 0. The van der Waals surface area contributed by atoms with Crippen molar-refractivity contribution in [2.45, 2.75) is 57.8 Å². The molecule has 0 saturated heterocycles. The summed E-state index contributed by atoms with van der Waals surface area (Å²) in [5, 5.41) is 10.2. The molecule has 0 heterocycles. The van der Waals surface area contributed by atoms with Gasteiger partial charge in [0, 0.05) is 16.2 Å². The molecular formula is C73H54. The van der Waals surface area contributed by atoms with Gasteiger partial charge in [-0.3, -0.25) is 0 Å². The predicted molar refractivity (Wildman–Crippen MR) is 311 cm³/mol. The Morgan fingerprint density at radius 1 is 0.192 bits per heavy atom. The first-order chi connectivity index (χ1) is 35.5. The average Bonchev–Trinajstić information content (AvgIpc) is 3.91. The molecule has 15 rings (SSSR count). The van der Waals surface area contributed by atoms with Crippen LogP contribution in [0.15, 0.2) is 218 Å². The zero-order valence-electron chi connectivity index (χ0n) is 42.3. The normalized spacial score (nSPS) is 15.0. The highest BCUT2D eigenvalue weighted by molar-refractivity contribution is 6.30. The lowest BCUT2D eigenvalue weighted by atomic mass is 9.78. The second-order valence-corrected chi connectivity index (χ2v) is 22.7. The summed E-state index contributed by atoms with van der Waals surface area (Å²) in [4.78, 5) is 0. The summed E-state index contributed by atoms with van der Waals surface area (Å²) in [6, 6.07) is 83.5. The molecule has 0 unspecified atom stereocenters. The van der Waals surface area contributed by atoms with Crippen LogP contribution in [0.2, 0.25) is 0 Å². The Kier molecular flexibility index (Phi) is 8.63. The van der Waals surface area contributed by atoms with Crippen LogP contribution in [0.3, 0.4) is 0 Å². The molecule has 0 nitrogen and oxygen atoms in total. The first-order valence-electron chi connectivity index (χ1n) is 26.2. The van der Waals surface area contributed by atoms with E-state index in [0.717, 1.165) is 0 Å². The van der Waals surface area contributed by atoms with Gasteiger partial charge in [-0.25, -0.2) is 0 Å². The van der Waals surface area contributed by atoms with Gasteiger partial charge in [0.15, 0.2) is 0 Å². The van der Waals surface area contributed by atoms with Crippen molar-refractivity contribution in [3.05, 3.63) is 252 Å². The summed E-state index contributed by atoms with van der Waals surface area (Å²) < 4.78 is 0. The van der Waals surface area contributed by atoms with Gasteiger partial charge < -0.3 is 0 Å². The molecule has 0 amide bonds. The quantitative estimate of drug-likeness (QED) is 0.154. The van der Waals surface area contributed by atoms with Crippen LogP contribution in [-0.4, -0.2) is 0 Å². The molecular weight excluding hydrogens is 877 g/mol. The predicted octanol–water partition coefficient (Wildman–Crippen LogP) is 19.9. The van der Waals surface area contributed by atoms with Gasteiger partial charge in [0.1, 0.15) is 0 Å². The van der Waals surface area contributed by atoms with Crippen molar-refractivity contribution in [1.29, 1.82) is 0 Å². The molecule has 0 aliphatic heterocycles. The molecule has 0 bridgehead atoms. The van der Waals surface area contributed by atoms with E-state index >= 15 is 0 Å². The van der Waals surface area contributed by atoms with Gasteiger partial charge in [0.2, 0.25) is 0 Å². The molecule has 0 saturated carbocycles. The van der Waals surface area contributed by atoms with Gasteiger partial charge in [0.25, 0.3) is 0 Å². The second kappa shape index (κ2) is 14.9. The van der Waals surface area contributed by atoms with Gasteiger partial charge in [-0.2, -0.15) is 0 Å². The highest BCUT2D eigenvalue weighted by Gasteiger charge is 2.39. The minimum absolute atomic E-state index is 0.0434. The maximum atomic E-state index is 2.52. The Hall–Kier alpha value is -8.32. The van der Waals surface area contributed by atoms with Gasteiger partial charge >= 0.3 is 0 Å². The van der Waals surface area contributed by atoms with Crippen LogP contribution in [0.5, 0.6) is 0 Å². The molecule has 3 aliphatic rings. The Labute approximate surface area is 428 Å². The van der Waals surface area contributed by atoms with Crippen LogP contribution >= 0.6 is 0 Å². The molecule has 73 heavy (non-hydrogen) atoms. The maximum absolute atomic E-state index is 2.52. The fraction of sp³-hybridized carbons (Fsp3) is 0.123. The van der Waals surface area contributed by atoms with Crippen molar-refractivity contribution in [3.63, 3.8) is 0 Å². The maximum Gasteiger partial charge on any atom is 0.0159 e. The van der Waals surface area contributed by atoms with Crippen molar-refractivity contribution in [2.75, 3.05) is 0 Å². The molecule has 3 aliphatic carbocycles. The Morgan fingerprint density at radius 2 is 0.411 bits per heavy atom. The molecule has 12 aromatic rings. The van der Waals surface area contributed by atoms with E-state index in [1.165, 1.54) is 154 Å². The summed E-state index contributed by atoms with van der Waals surface area (Å²) in [5.41, 5.74) is 26.4. The third kappa shape index (κ3) is 5.73. The Balaban J connectivity index is 0.890. The van der Waals surface area contributed by atoms with Crippen LogP contribution in [0.25, 0.3) is 121 Å². The molecule has 0 radical (unpaired) electrons. The average molecular weight is 931 g/mol. The van der Waals surface area contributed by atoms with Gasteiger partial charge in [-0.1, -0.05) is 236 Å². The summed E-state index contributed by atoms with van der Waals surface area (Å²) in [6.07, 6.45) is 0. The topological polar surface area (TPSA) is 0 Å². The zero-order valence-corrected chi connectivity index (χ0v) is 42.3. The lowest BCUT2D eigenvalue weighted by Crippen LogP contribution is -2.15. The van der Waals surface area contributed by atoms with Crippen LogP contribution < -0.4 is 0 Å². The van der Waals surface area contributed by atoms with Crippen LogP contribution in [-0.2, 0) is 16.2 Å². The molecule has 0 heteroatoms. The van der Waals surface area contributed by atoms with Gasteiger partial charge in [-0.15, -0.1) is 0 Å². The van der Waals surface area contributed by atoms with E-state index in [1.54, 1.807) is 0 Å². The molecule has 0 spiro atoms. The van der Waals surface area contributed by atoms with Crippen molar-refractivity contribution >= 4 is 43.1 Å². The minimum Gasteiger partial charge on any atom is -0.0619 e. The van der Waals surface area contributed by atoms with Crippen molar-refractivity contribution in [2.24, 2.45) is 0 Å². The van der Waals surface area contributed by atoms with Crippen molar-refractivity contribution in [3.8, 4) is 77.9 Å². The van der Waals surface area contributed by atoms with Gasteiger partial charge in [0.05, 0.1) is 0 Å². The number of fused-ring (bicyclic) bond motifs is 13. The summed E-state index contributed by atoms with van der Waals surface area (Å²) in [7, 11) is 0. The summed E-state index contributed by atoms with van der Waals surface area (Å²) in [6.45, 7) is 14.4. The van der Waals surface area contributed by atoms with Crippen molar-refractivity contribution in [1.82, 2.24) is 0 Å². The Morgan fingerprint density at radius 3 is 0.726 bits per heavy atom. The molecule has 346 valence electrons. The van der Waals surface area contributed by atoms with E-state index in [4.69, 9.17) is 0 Å². The molecule has 0 N–H and O–H groups in total. The fourth-order valence-electron chi connectivity index (χ4n) is 14.2. The summed E-state index contributed by atoms with van der Waals surface area (Å²) >= 11 is 0.